The second-order valence-corrected chi connectivity index (χ2v) is 6.20. The highest BCUT2D eigenvalue weighted by atomic mass is 79.9. The minimum atomic E-state index is -0.337. The van der Waals surface area contributed by atoms with Crippen molar-refractivity contribution in [3.63, 3.8) is 0 Å². The number of hydrogen-bond donors (Lipinski definition) is 2. The molecule has 2 N–H and O–H groups in total. The number of furan rings is 1. The van der Waals surface area contributed by atoms with Crippen molar-refractivity contribution < 1.29 is 9.21 Å². The number of aryl methyl sites for hydroxylation is 1. The summed E-state index contributed by atoms with van der Waals surface area (Å²) < 4.78 is 5.69. The first-order valence-corrected chi connectivity index (χ1v) is 7.42. The average molecular weight is 352 g/mol. The monoisotopic (exact) mass is 351 g/mol. The molecule has 0 unspecified atom stereocenters. The van der Waals surface area contributed by atoms with Crippen molar-refractivity contribution in [1.82, 2.24) is 10.2 Å². The third-order valence-electron chi connectivity index (χ3n) is 2.62. The van der Waals surface area contributed by atoms with Gasteiger partial charge in [0.1, 0.15) is 0 Å². The number of carbonyl (C=O) groups excluding carboxylic acids is 1. The lowest BCUT2D eigenvalue weighted by atomic mass is 10.3. The van der Waals surface area contributed by atoms with Gasteiger partial charge in [-0.1, -0.05) is 0 Å². The number of hydrogen-bond acceptors (Lipinski definition) is 4. The first-order chi connectivity index (χ1) is 9.61. The fourth-order valence-electron chi connectivity index (χ4n) is 1.71. The van der Waals surface area contributed by atoms with Gasteiger partial charge in [0.05, 0.1) is 10.6 Å². The second kappa shape index (κ2) is 5.26. The summed E-state index contributed by atoms with van der Waals surface area (Å²) in [5.41, 5.74) is 0.874. The maximum atomic E-state index is 11.9. The first kappa shape index (κ1) is 13.1. The number of halogens is 1. The summed E-state index contributed by atoms with van der Waals surface area (Å²) in [7, 11) is 0. The molecule has 102 valence electrons. The third-order valence-corrected chi connectivity index (χ3v) is 4.08. The van der Waals surface area contributed by atoms with E-state index in [0.29, 0.717) is 10.5 Å². The molecule has 0 spiro atoms. The number of thiophene rings is 1. The smallest absolute Gasteiger partial charge is 0.292 e. The zero-order chi connectivity index (χ0) is 14.1. The Balaban J connectivity index is 1.76. The number of aromatic amines is 1. The molecule has 0 bridgehead atoms. The zero-order valence-electron chi connectivity index (χ0n) is 10.4. The molecular weight excluding hydrogens is 342 g/mol. The molecule has 0 radical (unpaired) electrons. The zero-order valence-corrected chi connectivity index (χ0v) is 12.8. The van der Waals surface area contributed by atoms with Crippen molar-refractivity contribution in [1.29, 1.82) is 0 Å². The second-order valence-electron chi connectivity index (χ2n) is 4.14. The fraction of sp³-hybridized carbons (Fsp3) is 0.0769. The van der Waals surface area contributed by atoms with Crippen molar-refractivity contribution >= 4 is 39.0 Å². The molecule has 0 saturated carbocycles. The predicted molar refractivity (Wildman–Crippen MR) is 81.0 cm³/mol. The Kier molecular flexibility index (Phi) is 3.45. The largest absolute Gasteiger partial charge is 0.444 e. The van der Waals surface area contributed by atoms with E-state index in [4.69, 9.17) is 4.42 Å². The van der Waals surface area contributed by atoms with E-state index in [9.17, 15) is 4.79 Å². The summed E-state index contributed by atoms with van der Waals surface area (Å²) in [4.78, 5) is 14.2. The first-order valence-electron chi connectivity index (χ1n) is 5.81. The Labute approximate surface area is 127 Å². The molecule has 7 heteroatoms. The van der Waals surface area contributed by atoms with Gasteiger partial charge in [0.2, 0.25) is 0 Å². The normalized spacial score (nSPS) is 10.7. The summed E-state index contributed by atoms with van der Waals surface area (Å²) in [5.74, 6) is 0.355. The van der Waals surface area contributed by atoms with Crippen molar-refractivity contribution in [2.24, 2.45) is 0 Å². The van der Waals surface area contributed by atoms with Gasteiger partial charge < -0.3 is 9.73 Å². The highest BCUT2D eigenvalue weighted by molar-refractivity contribution is 9.10. The van der Waals surface area contributed by atoms with Gasteiger partial charge in [0.15, 0.2) is 16.2 Å². The van der Waals surface area contributed by atoms with Crippen molar-refractivity contribution in [2.75, 3.05) is 5.32 Å². The van der Waals surface area contributed by atoms with Gasteiger partial charge in [0.25, 0.3) is 5.91 Å². The summed E-state index contributed by atoms with van der Waals surface area (Å²) >= 11 is 4.82. The van der Waals surface area contributed by atoms with Gasteiger partial charge in [-0.05, 0) is 47.1 Å². The number of aromatic nitrogens is 2. The van der Waals surface area contributed by atoms with Crippen LogP contribution in [-0.4, -0.2) is 16.1 Å². The molecule has 20 heavy (non-hydrogen) atoms. The molecular formula is C13H10BrN3O2S. The third kappa shape index (κ3) is 2.68. The van der Waals surface area contributed by atoms with Crippen LogP contribution in [0.2, 0.25) is 0 Å². The Morgan fingerprint density at radius 1 is 1.40 bits per heavy atom. The van der Waals surface area contributed by atoms with E-state index >= 15 is 0 Å². The van der Waals surface area contributed by atoms with Gasteiger partial charge in [-0.3, -0.25) is 9.89 Å². The van der Waals surface area contributed by atoms with Crippen molar-refractivity contribution in [2.45, 2.75) is 6.92 Å². The van der Waals surface area contributed by atoms with Crippen molar-refractivity contribution in [3.05, 3.63) is 45.6 Å². The molecule has 0 aliphatic carbocycles. The Morgan fingerprint density at radius 2 is 2.25 bits per heavy atom. The number of anilines is 1. The Bertz CT molecular complexity index is 759. The molecule has 0 fully saturated rings. The maximum absolute atomic E-state index is 11.9. The molecule has 0 aromatic carbocycles. The number of carbonyl (C=O) groups is 1. The van der Waals surface area contributed by atoms with Crippen LogP contribution in [0.1, 0.15) is 15.4 Å². The van der Waals surface area contributed by atoms with Crippen LogP contribution >= 0.6 is 27.3 Å². The molecule has 3 rings (SSSR count). The van der Waals surface area contributed by atoms with Crippen LogP contribution in [0.15, 0.2) is 39.4 Å². The van der Waals surface area contributed by atoms with Gasteiger partial charge in [-0.25, -0.2) is 0 Å². The topological polar surface area (TPSA) is 70.9 Å². The predicted octanol–water partition coefficient (Wildman–Crippen LogP) is 4.05. The van der Waals surface area contributed by atoms with Crippen LogP contribution in [0.4, 0.5) is 5.82 Å². The summed E-state index contributed by atoms with van der Waals surface area (Å²) in [6, 6.07) is 9.11. The maximum Gasteiger partial charge on any atom is 0.292 e. The number of nitrogens with zero attached hydrogens (tertiary/aromatic N) is 1. The number of amides is 1. The molecule has 5 nitrogen and oxygen atoms in total. The Hall–Kier alpha value is -1.86. The van der Waals surface area contributed by atoms with Gasteiger partial charge >= 0.3 is 0 Å². The SMILES string of the molecule is Cc1ccc(-c2cc(NC(=O)c3ccc(Br)o3)n[nH]2)s1. The molecule has 3 heterocycles. The van der Waals surface area contributed by atoms with E-state index in [2.05, 4.69) is 31.4 Å². The van der Waals surface area contributed by atoms with E-state index in [1.165, 1.54) is 4.88 Å². The molecule has 0 aliphatic heterocycles. The van der Waals surface area contributed by atoms with E-state index in [0.717, 1.165) is 10.6 Å². The quantitative estimate of drug-likeness (QED) is 0.747. The van der Waals surface area contributed by atoms with Gasteiger partial charge in [0, 0.05) is 10.9 Å². The highest BCUT2D eigenvalue weighted by Gasteiger charge is 2.13. The average Bonchev–Trinajstić information content (AvgIpc) is 3.10. The number of rotatable bonds is 3. The van der Waals surface area contributed by atoms with E-state index in [-0.39, 0.29) is 11.7 Å². The van der Waals surface area contributed by atoms with Gasteiger partial charge in [-0.2, -0.15) is 5.10 Å². The molecule has 0 aliphatic rings. The Morgan fingerprint density at radius 3 is 2.90 bits per heavy atom. The lowest BCUT2D eigenvalue weighted by Gasteiger charge is -1.96. The van der Waals surface area contributed by atoms with E-state index in [1.807, 2.05) is 19.1 Å². The van der Waals surface area contributed by atoms with E-state index < -0.39 is 0 Å². The minimum absolute atomic E-state index is 0.230. The fourth-order valence-corrected chi connectivity index (χ4v) is 2.85. The van der Waals surface area contributed by atoms with Crippen LogP contribution < -0.4 is 5.32 Å². The molecule has 0 saturated heterocycles. The highest BCUT2D eigenvalue weighted by Crippen LogP contribution is 2.27. The summed E-state index contributed by atoms with van der Waals surface area (Å²) in [5, 5.41) is 9.65. The molecule has 3 aromatic heterocycles. The number of H-pyrrole nitrogens is 1. The van der Waals surface area contributed by atoms with Crippen LogP contribution in [-0.2, 0) is 0 Å². The van der Waals surface area contributed by atoms with Crippen LogP contribution in [0, 0.1) is 6.92 Å². The molecule has 1 amide bonds. The standard InChI is InChI=1S/C13H10BrN3O2S/c1-7-2-4-10(20-7)8-6-12(17-16-8)15-13(18)9-3-5-11(14)19-9/h2-6H,1H3,(H2,15,16,17,18). The van der Waals surface area contributed by atoms with Crippen molar-refractivity contribution in [3.8, 4) is 10.6 Å². The minimum Gasteiger partial charge on any atom is -0.444 e. The molecule has 0 atom stereocenters. The number of nitrogens with one attached hydrogen (secondary N) is 2. The molecule has 3 aromatic rings. The van der Waals surface area contributed by atoms with Crippen LogP contribution in [0.5, 0.6) is 0 Å². The van der Waals surface area contributed by atoms with Crippen LogP contribution in [0.25, 0.3) is 10.6 Å². The lowest BCUT2D eigenvalue weighted by Crippen LogP contribution is -2.10. The summed E-state index contributed by atoms with van der Waals surface area (Å²) in [6.07, 6.45) is 0. The van der Waals surface area contributed by atoms with E-state index in [1.54, 1.807) is 29.5 Å². The van der Waals surface area contributed by atoms with Gasteiger partial charge in [-0.15, -0.1) is 11.3 Å². The lowest BCUT2D eigenvalue weighted by molar-refractivity contribution is 0.0995. The van der Waals surface area contributed by atoms with Crippen LogP contribution in [0.3, 0.4) is 0 Å². The summed E-state index contributed by atoms with van der Waals surface area (Å²) in [6.45, 7) is 2.04.